The fraction of sp³-hybridized carbons (Fsp3) is 0.800. The van der Waals surface area contributed by atoms with Gasteiger partial charge in [-0.15, -0.1) is 25.0 Å². The molecule has 2 nitrogen and oxygen atoms in total. The molecule has 0 unspecified atom stereocenters. The van der Waals surface area contributed by atoms with Crippen LogP contribution in [0.4, 0.5) is 0 Å². The first-order chi connectivity index (χ1) is 4.04. The van der Waals surface area contributed by atoms with Crippen molar-refractivity contribution in [1.29, 1.82) is 5.41 Å². The van der Waals surface area contributed by atoms with E-state index in [1.807, 2.05) is 0 Å². The summed E-state index contributed by atoms with van der Waals surface area (Å²) in [5.74, 6) is 0.523. The second-order valence-corrected chi connectivity index (χ2v) is 3.21. The van der Waals surface area contributed by atoms with E-state index in [9.17, 15) is 0 Å². The molecule has 0 heterocycles. The molecule has 0 spiro atoms. The van der Waals surface area contributed by atoms with Crippen LogP contribution in [-0.2, 0) is 0 Å². The molecule has 0 aromatic carbocycles. The first-order valence-corrected chi connectivity index (χ1v) is 3.62. The third kappa shape index (κ3) is 6.58. The van der Waals surface area contributed by atoms with Crippen molar-refractivity contribution < 1.29 is 0 Å². The zero-order valence-electron chi connectivity index (χ0n) is 6.03. The summed E-state index contributed by atoms with van der Waals surface area (Å²) in [5.41, 5.74) is 0. The third-order valence-electron chi connectivity index (χ3n) is 0.783. The van der Waals surface area contributed by atoms with E-state index in [4.69, 9.17) is 5.41 Å². The smallest absolute Gasteiger partial charge is 0.163 e. The SMILES string of the molecule is CC(C)CN(S)C(=N)S.Cl. The summed E-state index contributed by atoms with van der Waals surface area (Å²) in [6, 6.07) is 0. The summed E-state index contributed by atoms with van der Waals surface area (Å²) in [5, 5.41) is 7.21. The summed E-state index contributed by atoms with van der Waals surface area (Å²) in [4.78, 5) is 0. The van der Waals surface area contributed by atoms with Crippen molar-refractivity contribution in [3.05, 3.63) is 0 Å². The van der Waals surface area contributed by atoms with Crippen LogP contribution < -0.4 is 0 Å². The highest BCUT2D eigenvalue weighted by Gasteiger charge is 2.01. The molecule has 0 aromatic rings. The van der Waals surface area contributed by atoms with Crippen LogP contribution in [0.5, 0.6) is 0 Å². The fourth-order valence-corrected chi connectivity index (χ4v) is 0.841. The molecule has 0 saturated carbocycles. The molecule has 1 N–H and O–H groups in total. The van der Waals surface area contributed by atoms with E-state index in [2.05, 4.69) is 39.3 Å². The maximum absolute atomic E-state index is 7.01. The highest BCUT2D eigenvalue weighted by Crippen LogP contribution is 2.03. The second kappa shape index (κ2) is 6.19. The molecule has 0 saturated heterocycles. The Hall–Kier alpha value is 0.460. The first kappa shape index (κ1) is 13.1. The molecule has 0 aliphatic heterocycles. The van der Waals surface area contributed by atoms with Gasteiger partial charge in [-0.1, -0.05) is 26.7 Å². The van der Waals surface area contributed by atoms with Gasteiger partial charge in [0, 0.05) is 6.54 Å². The molecule has 0 bridgehead atoms. The van der Waals surface area contributed by atoms with Gasteiger partial charge in [0.15, 0.2) is 5.17 Å². The maximum atomic E-state index is 7.01. The molecule has 0 aliphatic rings. The Labute approximate surface area is 79.2 Å². The topological polar surface area (TPSA) is 27.1 Å². The standard InChI is InChI=1S/C5H12N2S2.ClH/c1-4(2)3-7(9)5(6)8;/h4,9H,3H2,1-2H3,(H2,6,8);1H. The Morgan fingerprint density at radius 1 is 1.60 bits per heavy atom. The normalized spacial score (nSPS) is 8.90. The van der Waals surface area contributed by atoms with Crippen LogP contribution in [0.25, 0.3) is 0 Å². The van der Waals surface area contributed by atoms with E-state index in [-0.39, 0.29) is 17.6 Å². The molecule has 62 valence electrons. The highest BCUT2D eigenvalue weighted by atomic mass is 35.5. The minimum Gasteiger partial charge on any atom is -0.298 e. The lowest BCUT2D eigenvalue weighted by molar-refractivity contribution is 0.532. The average Bonchev–Trinajstić information content (AvgIpc) is 1.63. The van der Waals surface area contributed by atoms with Gasteiger partial charge < -0.3 is 0 Å². The quantitative estimate of drug-likeness (QED) is 0.356. The van der Waals surface area contributed by atoms with Gasteiger partial charge >= 0.3 is 0 Å². The number of hydrogen-bond donors (Lipinski definition) is 3. The largest absolute Gasteiger partial charge is 0.298 e. The second-order valence-electron chi connectivity index (χ2n) is 2.30. The van der Waals surface area contributed by atoms with Crippen LogP contribution in [0.2, 0.25) is 0 Å². The van der Waals surface area contributed by atoms with Crippen LogP contribution in [0.3, 0.4) is 0 Å². The predicted molar refractivity (Wildman–Crippen MR) is 54.5 cm³/mol. The molecule has 0 amide bonds. The van der Waals surface area contributed by atoms with Gasteiger partial charge in [0.05, 0.1) is 0 Å². The first-order valence-electron chi connectivity index (χ1n) is 2.78. The van der Waals surface area contributed by atoms with Crippen LogP contribution >= 0.6 is 37.9 Å². The zero-order valence-corrected chi connectivity index (χ0v) is 8.64. The van der Waals surface area contributed by atoms with Crippen molar-refractivity contribution in [3.63, 3.8) is 0 Å². The van der Waals surface area contributed by atoms with Crippen molar-refractivity contribution in [2.45, 2.75) is 13.8 Å². The summed E-state index contributed by atoms with van der Waals surface area (Å²) in [6.07, 6.45) is 0. The van der Waals surface area contributed by atoms with E-state index >= 15 is 0 Å². The van der Waals surface area contributed by atoms with Crippen molar-refractivity contribution in [2.75, 3.05) is 6.54 Å². The number of halogens is 1. The van der Waals surface area contributed by atoms with Crippen LogP contribution in [0.15, 0.2) is 0 Å². The van der Waals surface area contributed by atoms with Gasteiger partial charge in [0.2, 0.25) is 0 Å². The lowest BCUT2D eigenvalue weighted by Crippen LogP contribution is -2.20. The number of rotatable bonds is 2. The minimum absolute atomic E-state index is 0. The maximum Gasteiger partial charge on any atom is 0.163 e. The Balaban J connectivity index is 0. The summed E-state index contributed by atoms with van der Waals surface area (Å²) in [7, 11) is 0. The monoisotopic (exact) mass is 200 g/mol. The van der Waals surface area contributed by atoms with E-state index in [1.54, 1.807) is 0 Å². The summed E-state index contributed by atoms with van der Waals surface area (Å²) >= 11 is 7.80. The van der Waals surface area contributed by atoms with Crippen LogP contribution in [0.1, 0.15) is 13.8 Å². The lowest BCUT2D eigenvalue weighted by atomic mass is 10.2. The molecule has 0 aliphatic carbocycles. The molecular weight excluding hydrogens is 188 g/mol. The Morgan fingerprint density at radius 2 is 2.00 bits per heavy atom. The van der Waals surface area contributed by atoms with E-state index in [1.165, 1.54) is 4.31 Å². The van der Waals surface area contributed by atoms with Gasteiger partial charge in [-0.05, 0) is 5.92 Å². The lowest BCUT2D eigenvalue weighted by Gasteiger charge is -2.16. The predicted octanol–water partition coefficient (Wildman–Crippen LogP) is 2.08. The molecule has 0 radical (unpaired) electrons. The number of hydrogen-bond acceptors (Lipinski definition) is 2. The average molecular weight is 201 g/mol. The Bertz CT molecular complexity index is 108. The Kier molecular flexibility index (Phi) is 8.09. The minimum atomic E-state index is 0. The van der Waals surface area contributed by atoms with Crippen LogP contribution in [0, 0.1) is 11.3 Å². The van der Waals surface area contributed by atoms with Crippen molar-refractivity contribution >= 4 is 43.0 Å². The molecule has 10 heavy (non-hydrogen) atoms. The van der Waals surface area contributed by atoms with E-state index in [0.717, 1.165) is 6.54 Å². The molecular formula is C5H13ClN2S2. The van der Waals surface area contributed by atoms with Crippen molar-refractivity contribution in [2.24, 2.45) is 5.92 Å². The molecule has 0 fully saturated rings. The van der Waals surface area contributed by atoms with Gasteiger partial charge in [0.25, 0.3) is 0 Å². The van der Waals surface area contributed by atoms with Gasteiger partial charge in [-0.3, -0.25) is 9.71 Å². The molecule has 0 atom stereocenters. The molecule has 0 rings (SSSR count). The van der Waals surface area contributed by atoms with Gasteiger partial charge in [-0.25, -0.2) is 0 Å². The highest BCUT2D eigenvalue weighted by molar-refractivity contribution is 7.98. The van der Waals surface area contributed by atoms with E-state index < -0.39 is 0 Å². The fourth-order valence-electron chi connectivity index (χ4n) is 0.432. The van der Waals surface area contributed by atoms with E-state index in [0.29, 0.717) is 5.92 Å². The van der Waals surface area contributed by atoms with Gasteiger partial charge in [-0.2, -0.15) is 0 Å². The molecule has 5 heteroatoms. The summed E-state index contributed by atoms with van der Waals surface area (Å²) in [6.45, 7) is 4.91. The van der Waals surface area contributed by atoms with Crippen LogP contribution in [-0.4, -0.2) is 16.0 Å². The van der Waals surface area contributed by atoms with Crippen molar-refractivity contribution in [1.82, 2.24) is 4.31 Å². The van der Waals surface area contributed by atoms with Gasteiger partial charge in [0.1, 0.15) is 0 Å². The van der Waals surface area contributed by atoms with Crippen molar-refractivity contribution in [3.8, 4) is 0 Å². The number of thiol groups is 2. The third-order valence-corrected chi connectivity index (χ3v) is 1.55. The summed E-state index contributed by atoms with van der Waals surface area (Å²) < 4.78 is 1.51. The number of amidine groups is 1. The number of nitrogens with one attached hydrogen (secondary N) is 1. The molecule has 0 aromatic heterocycles. The number of nitrogens with zero attached hydrogens (tertiary/aromatic N) is 1. The zero-order chi connectivity index (χ0) is 7.44. The Morgan fingerprint density at radius 3 is 2.10 bits per heavy atom.